The zero-order valence-corrected chi connectivity index (χ0v) is 17.7. The molecule has 0 aliphatic carbocycles. The summed E-state index contributed by atoms with van der Waals surface area (Å²) in [6.07, 6.45) is 5.32. The lowest BCUT2D eigenvalue weighted by atomic mass is 9.87. The summed E-state index contributed by atoms with van der Waals surface area (Å²) in [4.78, 5) is 7.09. The van der Waals surface area contributed by atoms with Gasteiger partial charge in [0.1, 0.15) is 11.5 Å². The minimum absolute atomic E-state index is 0.0171. The molecular formula is C24H30N2O2. The Morgan fingerprint density at radius 3 is 2.39 bits per heavy atom. The summed E-state index contributed by atoms with van der Waals surface area (Å²) in [6.45, 7) is 9.93. The lowest BCUT2D eigenvalue weighted by Gasteiger charge is -2.43. The summed E-state index contributed by atoms with van der Waals surface area (Å²) in [5, 5.41) is 0. The van der Waals surface area contributed by atoms with Crippen molar-refractivity contribution in [2.75, 3.05) is 25.7 Å². The van der Waals surface area contributed by atoms with Crippen LogP contribution in [0.3, 0.4) is 0 Å². The Kier molecular flexibility index (Phi) is 5.78. The molecule has 0 radical (unpaired) electrons. The van der Waals surface area contributed by atoms with Gasteiger partial charge < -0.3 is 14.4 Å². The third kappa shape index (κ3) is 3.91. The number of allylic oxidation sites excluding steroid dienone is 1. The van der Waals surface area contributed by atoms with Gasteiger partial charge in [-0.05, 0) is 63.1 Å². The predicted molar refractivity (Wildman–Crippen MR) is 119 cm³/mol. The first-order valence-electron chi connectivity index (χ1n) is 9.77. The summed E-state index contributed by atoms with van der Waals surface area (Å²) in [5.41, 5.74) is 5.59. The van der Waals surface area contributed by atoms with E-state index in [0.29, 0.717) is 0 Å². The lowest BCUT2D eigenvalue weighted by Crippen LogP contribution is -2.45. The normalized spacial score (nSPS) is 15.4. The Balaban J connectivity index is 2.02. The van der Waals surface area contributed by atoms with Crippen molar-refractivity contribution in [3.63, 3.8) is 0 Å². The summed E-state index contributed by atoms with van der Waals surface area (Å²) in [5.74, 6) is 1.66. The van der Waals surface area contributed by atoms with Gasteiger partial charge in [-0.3, -0.25) is 4.99 Å². The van der Waals surface area contributed by atoms with Gasteiger partial charge in [0, 0.05) is 35.6 Å². The minimum atomic E-state index is -0.0171. The van der Waals surface area contributed by atoms with E-state index >= 15 is 0 Å². The average Bonchev–Trinajstić information content (AvgIpc) is 2.69. The molecule has 28 heavy (non-hydrogen) atoms. The Bertz CT molecular complexity index is 896. The van der Waals surface area contributed by atoms with Gasteiger partial charge in [-0.25, -0.2) is 0 Å². The Labute approximate surface area is 168 Å². The van der Waals surface area contributed by atoms with Crippen LogP contribution in [0.15, 0.2) is 47.5 Å². The molecule has 4 nitrogen and oxygen atoms in total. The topological polar surface area (TPSA) is 34.1 Å². The molecule has 3 rings (SSSR count). The van der Waals surface area contributed by atoms with Crippen LogP contribution in [0.1, 0.15) is 45.2 Å². The standard InChI is InChI=1S/C24H30N2O2/c1-7-12-26-22-14-23(28-6)18(13-21(22)17(2)15-24(26,3)4)16-25-19-8-10-20(27-5)11-9-19/h8-11,13-16H,7,12H2,1-6H3. The highest BCUT2D eigenvalue weighted by molar-refractivity contribution is 5.92. The van der Waals surface area contributed by atoms with Crippen LogP contribution >= 0.6 is 0 Å². The van der Waals surface area contributed by atoms with Crippen LogP contribution < -0.4 is 14.4 Å². The average molecular weight is 379 g/mol. The first kappa shape index (κ1) is 20.0. The molecule has 2 aromatic rings. The second-order valence-corrected chi connectivity index (χ2v) is 7.70. The van der Waals surface area contributed by atoms with E-state index < -0.39 is 0 Å². The van der Waals surface area contributed by atoms with Gasteiger partial charge >= 0.3 is 0 Å². The fraction of sp³-hybridized carbons (Fsp3) is 0.375. The number of aliphatic imine (C=N–C) groups is 1. The van der Waals surface area contributed by atoms with Crippen LogP contribution in [0.2, 0.25) is 0 Å². The quantitative estimate of drug-likeness (QED) is 0.590. The number of nitrogens with zero attached hydrogens (tertiary/aromatic N) is 2. The van der Waals surface area contributed by atoms with Gasteiger partial charge in [-0.1, -0.05) is 13.0 Å². The fourth-order valence-corrected chi connectivity index (χ4v) is 3.84. The van der Waals surface area contributed by atoms with E-state index in [9.17, 15) is 0 Å². The number of anilines is 1. The Morgan fingerprint density at radius 1 is 1.07 bits per heavy atom. The third-order valence-electron chi connectivity index (χ3n) is 5.20. The Morgan fingerprint density at radius 2 is 1.79 bits per heavy atom. The first-order chi connectivity index (χ1) is 13.4. The minimum Gasteiger partial charge on any atom is -0.497 e. The van der Waals surface area contributed by atoms with Gasteiger partial charge in [0.05, 0.1) is 25.4 Å². The van der Waals surface area contributed by atoms with Crippen molar-refractivity contribution < 1.29 is 9.47 Å². The molecule has 0 aromatic heterocycles. The molecule has 2 aromatic carbocycles. The van der Waals surface area contributed by atoms with Crippen molar-refractivity contribution >= 4 is 23.2 Å². The highest BCUT2D eigenvalue weighted by atomic mass is 16.5. The van der Waals surface area contributed by atoms with Crippen molar-refractivity contribution in [2.24, 2.45) is 4.99 Å². The van der Waals surface area contributed by atoms with E-state index in [1.807, 2.05) is 30.5 Å². The Hall–Kier alpha value is -2.75. The summed E-state index contributed by atoms with van der Waals surface area (Å²) in [6, 6.07) is 12.0. The molecule has 0 unspecified atom stereocenters. The number of rotatable bonds is 6. The van der Waals surface area contributed by atoms with Crippen molar-refractivity contribution in [3.05, 3.63) is 53.6 Å². The maximum Gasteiger partial charge on any atom is 0.129 e. The third-order valence-corrected chi connectivity index (χ3v) is 5.20. The zero-order chi connectivity index (χ0) is 20.3. The summed E-state index contributed by atoms with van der Waals surface area (Å²) >= 11 is 0. The van der Waals surface area contributed by atoms with Crippen LogP contribution in [-0.2, 0) is 0 Å². The number of methoxy groups -OCH3 is 2. The maximum absolute atomic E-state index is 5.71. The SMILES string of the molecule is CCCN1c2cc(OC)c(C=Nc3ccc(OC)cc3)cc2C(C)=CC1(C)C. The molecule has 0 saturated carbocycles. The van der Waals surface area contributed by atoms with Gasteiger partial charge in [0.25, 0.3) is 0 Å². The number of hydrogen-bond acceptors (Lipinski definition) is 4. The van der Waals surface area contributed by atoms with Crippen molar-refractivity contribution in [3.8, 4) is 11.5 Å². The number of benzene rings is 2. The van der Waals surface area contributed by atoms with E-state index in [1.165, 1.54) is 16.8 Å². The van der Waals surface area contributed by atoms with Gasteiger partial charge in [-0.2, -0.15) is 0 Å². The second kappa shape index (κ2) is 8.09. The molecule has 0 atom stereocenters. The van der Waals surface area contributed by atoms with Crippen molar-refractivity contribution in [1.29, 1.82) is 0 Å². The molecule has 0 fully saturated rings. The van der Waals surface area contributed by atoms with Crippen LogP contribution in [-0.4, -0.2) is 32.5 Å². The van der Waals surface area contributed by atoms with Crippen molar-refractivity contribution in [1.82, 2.24) is 0 Å². The predicted octanol–water partition coefficient (Wildman–Crippen LogP) is 5.87. The molecule has 0 bridgehead atoms. The van der Waals surface area contributed by atoms with E-state index in [2.05, 4.69) is 55.8 Å². The second-order valence-electron chi connectivity index (χ2n) is 7.70. The number of hydrogen-bond donors (Lipinski definition) is 0. The molecule has 0 amide bonds. The fourth-order valence-electron chi connectivity index (χ4n) is 3.84. The van der Waals surface area contributed by atoms with Gasteiger partial charge in [-0.15, -0.1) is 0 Å². The van der Waals surface area contributed by atoms with Crippen molar-refractivity contribution in [2.45, 2.75) is 39.7 Å². The molecule has 4 heteroatoms. The molecule has 1 aliphatic rings. The summed E-state index contributed by atoms with van der Waals surface area (Å²) < 4.78 is 10.9. The van der Waals surface area contributed by atoms with Crippen LogP contribution in [0.4, 0.5) is 11.4 Å². The van der Waals surface area contributed by atoms with Gasteiger partial charge in [0.2, 0.25) is 0 Å². The number of fused-ring (bicyclic) bond motifs is 1. The van der Waals surface area contributed by atoms with E-state index in [4.69, 9.17) is 9.47 Å². The lowest BCUT2D eigenvalue weighted by molar-refractivity contribution is 0.413. The molecule has 0 N–H and O–H groups in total. The van der Waals surface area contributed by atoms with Crippen LogP contribution in [0, 0.1) is 0 Å². The molecule has 0 saturated heterocycles. The van der Waals surface area contributed by atoms with E-state index in [1.54, 1.807) is 14.2 Å². The summed E-state index contributed by atoms with van der Waals surface area (Å²) in [7, 11) is 3.38. The van der Waals surface area contributed by atoms with E-state index in [-0.39, 0.29) is 5.54 Å². The highest BCUT2D eigenvalue weighted by Gasteiger charge is 2.31. The molecule has 148 valence electrons. The van der Waals surface area contributed by atoms with Gasteiger partial charge in [0.15, 0.2) is 0 Å². The molecule has 1 aliphatic heterocycles. The van der Waals surface area contributed by atoms with Crippen LogP contribution in [0.5, 0.6) is 11.5 Å². The molecule has 0 spiro atoms. The molecular weight excluding hydrogens is 348 g/mol. The number of ether oxygens (including phenoxy) is 2. The monoisotopic (exact) mass is 378 g/mol. The van der Waals surface area contributed by atoms with Crippen LogP contribution in [0.25, 0.3) is 5.57 Å². The first-order valence-corrected chi connectivity index (χ1v) is 9.77. The van der Waals surface area contributed by atoms with E-state index in [0.717, 1.165) is 35.7 Å². The largest absolute Gasteiger partial charge is 0.497 e. The highest BCUT2D eigenvalue weighted by Crippen LogP contribution is 2.42. The molecule has 1 heterocycles. The maximum atomic E-state index is 5.71. The smallest absolute Gasteiger partial charge is 0.129 e. The zero-order valence-electron chi connectivity index (χ0n) is 17.7.